The summed E-state index contributed by atoms with van der Waals surface area (Å²) in [7, 11) is 1.58. The molecule has 1 heterocycles. The van der Waals surface area contributed by atoms with Gasteiger partial charge in [0.15, 0.2) is 6.61 Å². The molecule has 0 bridgehead atoms. The van der Waals surface area contributed by atoms with Gasteiger partial charge in [-0.1, -0.05) is 18.2 Å². The van der Waals surface area contributed by atoms with Crippen molar-refractivity contribution >= 4 is 23.3 Å². The van der Waals surface area contributed by atoms with Gasteiger partial charge in [-0.25, -0.2) is 0 Å². The van der Waals surface area contributed by atoms with Gasteiger partial charge in [0.25, 0.3) is 11.6 Å². The first-order chi connectivity index (χ1) is 15.0. The molecular formula is C22H25N3O6. The molecule has 0 N–H and O–H groups in total. The lowest BCUT2D eigenvalue weighted by Crippen LogP contribution is -2.49. The number of nitrogens with zero attached hydrogens (tertiary/aromatic N) is 3. The summed E-state index contributed by atoms with van der Waals surface area (Å²) < 4.78 is 10.4. The van der Waals surface area contributed by atoms with Crippen LogP contribution in [0.25, 0.3) is 0 Å². The number of aryl methyl sites for hydroxylation is 1. The summed E-state index contributed by atoms with van der Waals surface area (Å²) in [6.45, 7) is 1.92. The maximum absolute atomic E-state index is 12.4. The van der Waals surface area contributed by atoms with Crippen LogP contribution < -0.4 is 9.64 Å². The van der Waals surface area contributed by atoms with E-state index in [-0.39, 0.29) is 24.6 Å². The van der Waals surface area contributed by atoms with E-state index in [2.05, 4.69) is 4.90 Å². The quantitative estimate of drug-likeness (QED) is 0.362. The lowest BCUT2D eigenvalue weighted by molar-refractivity contribution is -0.384. The zero-order valence-electron chi connectivity index (χ0n) is 17.4. The molecule has 164 valence electrons. The minimum Gasteiger partial charge on any atom is -0.496 e. The Labute approximate surface area is 180 Å². The van der Waals surface area contributed by atoms with Crippen LogP contribution in [0.4, 0.5) is 11.4 Å². The van der Waals surface area contributed by atoms with E-state index in [0.717, 1.165) is 17.0 Å². The highest BCUT2D eigenvalue weighted by Gasteiger charge is 2.22. The summed E-state index contributed by atoms with van der Waals surface area (Å²) in [6, 6.07) is 13.8. The van der Waals surface area contributed by atoms with Gasteiger partial charge in [-0.05, 0) is 30.2 Å². The lowest BCUT2D eigenvalue weighted by Gasteiger charge is -2.36. The molecule has 1 saturated heterocycles. The Morgan fingerprint density at radius 2 is 1.71 bits per heavy atom. The Bertz CT molecular complexity index is 923. The van der Waals surface area contributed by atoms with Gasteiger partial charge in [0.2, 0.25) is 0 Å². The number of benzene rings is 2. The molecule has 1 aliphatic heterocycles. The molecule has 0 radical (unpaired) electrons. The highest BCUT2D eigenvalue weighted by Crippen LogP contribution is 2.21. The molecule has 3 rings (SSSR count). The molecule has 9 heteroatoms. The van der Waals surface area contributed by atoms with Crippen LogP contribution in [0.5, 0.6) is 5.75 Å². The number of carbonyl (C=O) groups excluding carboxylic acids is 2. The van der Waals surface area contributed by atoms with Crippen molar-refractivity contribution < 1.29 is 24.0 Å². The van der Waals surface area contributed by atoms with Gasteiger partial charge in [-0.15, -0.1) is 0 Å². The number of rotatable bonds is 8. The molecule has 1 aliphatic rings. The van der Waals surface area contributed by atoms with Crippen molar-refractivity contribution in [3.63, 3.8) is 0 Å². The third-order valence-corrected chi connectivity index (χ3v) is 5.21. The Kier molecular flexibility index (Phi) is 7.42. The maximum Gasteiger partial charge on any atom is 0.306 e. The van der Waals surface area contributed by atoms with Crippen LogP contribution in [0, 0.1) is 10.1 Å². The van der Waals surface area contributed by atoms with Gasteiger partial charge in [0, 0.05) is 50.4 Å². The van der Waals surface area contributed by atoms with Gasteiger partial charge in [0.05, 0.1) is 12.0 Å². The molecule has 2 aromatic rings. The number of carbonyl (C=O) groups is 2. The predicted octanol–water partition coefficient (Wildman–Crippen LogP) is 2.43. The van der Waals surface area contributed by atoms with Crippen molar-refractivity contribution in [3.05, 3.63) is 64.2 Å². The van der Waals surface area contributed by atoms with Crippen molar-refractivity contribution in [2.45, 2.75) is 12.8 Å². The van der Waals surface area contributed by atoms with Crippen molar-refractivity contribution in [2.75, 3.05) is 44.8 Å². The summed E-state index contributed by atoms with van der Waals surface area (Å²) in [5.41, 5.74) is 1.83. The Hall–Kier alpha value is -3.62. The summed E-state index contributed by atoms with van der Waals surface area (Å²) in [5.74, 6) is 0.0648. The molecule has 0 saturated carbocycles. The van der Waals surface area contributed by atoms with Crippen LogP contribution in [-0.4, -0.2) is 61.6 Å². The molecule has 0 spiro atoms. The third kappa shape index (κ3) is 5.94. The molecule has 31 heavy (non-hydrogen) atoms. The minimum absolute atomic E-state index is 0.0464. The van der Waals surface area contributed by atoms with E-state index in [1.54, 1.807) is 24.1 Å². The van der Waals surface area contributed by atoms with Crippen LogP contribution in [0.2, 0.25) is 0 Å². The number of nitro groups is 1. The van der Waals surface area contributed by atoms with Crippen LogP contribution in [0.3, 0.4) is 0 Å². The summed E-state index contributed by atoms with van der Waals surface area (Å²) in [6.07, 6.45) is 0.645. The SMILES string of the molecule is COc1ccccc1CCC(=O)OCC(=O)N1CCN(c2ccc([N+](=O)[O-])cc2)CC1. The van der Waals surface area contributed by atoms with E-state index in [0.29, 0.717) is 32.6 Å². The second-order valence-electron chi connectivity index (χ2n) is 7.11. The number of piperazine rings is 1. The fraction of sp³-hybridized carbons (Fsp3) is 0.364. The zero-order valence-corrected chi connectivity index (χ0v) is 17.4. The van der Waals surface area contributed by atoms with E-state index in [4.69, 9.17) is 9.47 Å². The first-order valence-electron chi connectivity index (χ1n) is 10.0. The van der Waals surface area contributed by atoms with E-state index in [1.807, 2.05) is 24.3 Å². The number of anilines is 1. The fourth-order valence-corrected chi connectivity index (χ4v) is 3.45. The largest absolute Gasteiger partial charge is 0.496 e. The number of hydrogen-bond donors (Lipinski definition) is 0. The van der Waals surface area contributed by atoms with Crippen molar-refractivity contribution in [2.24, 2.45) is 0 Å². The monoisotopic (exact) mass is 427 g/mol. The van der Waals surface area contributed by atoms with E-state index in [9.17, 15) is 19.7 Å². The molecule has 2 aromatic carbocycles. The minimum atomic E-state index is -0.433. The Morgan fingerprint density at radius 1 is 1.03 bits per heavy atom. The molecule has 0 unspecified atom stereocenters. The molecule has 0 aliphatic carbocycles. The number of ether oxygens (including phenoxy) is 2. The number of non-ortho nitro benzene ring substituents is 1. The second-order valence-corrected chi connectivity index (χ2v) is 7.11. The van der Waals surface area contributed by atoms with Gasteiger partial charge < -0.3 is 19.3 Å². The van der Waals surface area contributed by atoms with Crippen molar-refractivity contribution in [1.82, 2.24) is 4.90 Å². The van der Waals surface area contributed by atoms with Crippen molar-refractivity contribution in [1.29, 1.82) is 0 Å². The van der Waals surface area contributed by atoms with Crippen LogP contribution in [-0.2, 0) is 20.7 Å². The summed E-state index contributed by atoms with van der Waals surface area (Å²) >= 11 is 0. The third-order valence-electron chi connectivity index (χ3n) is 5.21. The van der Waals surface area contributed by atoms with Gasteiger partial charge >= 0.3 is 5.97 Å². The van der Waals surface area contributed by atoms with Crippen molar-refractivity contribution in [3.8, 4) is 5.75 Å². The second kappa shape index (κ2) is 10.4. The normalized spacial score (nSPS) is 13.6. The van der Waals surface area contributed by atoms with Gasteiger partial charge in [0.1, 0.15) is 5.75 Å². The number of nitro benzene ring substituents is 1. The standard InChI is InChI=1S/C22H25N3O6/c1-30-20-5-3-2-4-17(20)6-11-22(27)31-16-21(26)24-14-12-23(13-15-24)18-7-9-19(10-8-18)25(28)29/h2-5,7-10H,6,11-16H2,1H3. The van der Waals surface area contributed by atoms with E-state index >= 15 is 0 Å². The molecular weight excluding hydrogens is 402 g/mol. The molecule has 1 amide bonds. The average molecular weight is 427 g/mol. The molecule has 0 atom stereocenters. The smallest absolute Gasteiger partial charge is 0.306 e. The predicted molar refractivity (Wildman–Crippen MR) is 114 cm³/mol. The Morgan fingerprint density at radius 3 is 2.35 bits per heavy atom. The first-order valence-corrected chi connectivity index (χ1v) is 10.0. The number of amides is 1. The Balaban J connectivity index is 1.40. The van der Waals surface area contributed by atoms with Crippen LogP contribution in [0.15, 0.2) is 48.5 Å². The van der Waals surface area contributed by atoms with Gasteiger partial charge in [-0.3, -0.25) is 19.7 Å². The van der Waals surface area contributed by atoms with Crippen LogP contribution >= 0.6 is 0 Å². The molecule has 0 aromatic heterocycles. The van der Waals surface area contributed by atoms with E-state index in [1.165, 1.54) is 12.1 Å². The maximum atomic E-state index is 12.4. The number of hydrogen-bond acceptors (Lipinski definition) is 7. The fourth-order valence-electron chi connectivity index (χ4n) is 3.45. The summed E-state index contributed by atoms with van der Waals surface area (Å²) in [4.78, 5) is 38.5. The van der Waals surface area contributed by atoms with E-state index < -0.39 is 10.9 Å². The van der Waals surface area contributed by atoms with Gasteiger partial charge in [-0.2, -0.15) is 0 Å². The topological polar surface area (TPSA) is 102 Å². The number of esters is 1. The average Bonchev–Trinajstić information content (AvgIpc) is 2.81. The van der Waals surface area contributed by atoms with Crippen LogP contribution in [0.1, 0.15) is 12.0 Å². The number of methoxy groups -OCH3 is 1. The summed E-state index contributed by atoms with van der Waals surface area (Å²) in [5, 5.41) is 10.8. The molecule has 1 fully saturated rings. The molecule has 9 nitrogen and oxygen atoms in total. The number of para-hydroxylation sites is 1. The zero-order chi connectivity index (χ0) is 22.2. The lowest BCUT2D eigenvalue weighted by atomic mass is 10.1. The first kappa shape index (κ1) is 22.1. The highest BCUT2D eigenvalue weighted by atomic mass is 16.6. The highest BCUT2D eigenvalue weighted by molar-refractivity contribution is 5.81.